The van der Waals surface area contributed by atoms with E-state index in [2.05, 4.69) is 29.7 Å². The van der Waals surface area contributed by atoms with Gasteiger partial charge in [-0.05, 0) is 49.3 Å². The third-order valence-corrected chi connectivity index (χ3v) is 4.45. The van der Waals surface area contributed by atoms with Crippen molar-refractivity contribution in [1.29, 1.82) is 0 Å². The van der Waals surface area contributed by atoms with Crippen molar-refractivity contribution in [2.45, 2.75) is 45.2 Å². The molecule has 4 heteroatoms. The van der Waals surface area contributed by atoms with Gasteiger partial charge >= 0.3 is 6.03 Å². The molecule has 2 amide bonds. The van der Waals surface area contributed by atoms with Gasteiger partial charge < -0.3 is 15.5 Å². The SMILES string of the molecule is CC1CCN(C(=O)Nc2ccc(CNC3CC3)cc2)CC1. The second kappa shape index (κ2) is 6.48. The van der Waals surface area contributed by atoms with E-state index in [1.54, 1.807) is 0 Å². The van der Waals surface area contributed by atoms with Gasteiger partial charge in [0.1, 0.15) is 0 Å². The Morgan fingerprint density at radius 3 is 2.43 bits per heavy atom. The number of likely N-dealkylation sites (tertiary alicyclic amines) is 1. The van der Waals surface area contributed by atoms with Gasteiger partial charge in [-0.3, -0.25) is 0 Å². The zero-order valence-electron chi connectivity index (χ0n) is 12.8. The van der Waals surface area contributed by atoms with Crippen LogP contribution in [0, 0.1) is 5.92 Å². The van der Waals surface area contributed by atoms with Crippen molar-refractivity contribution < 1.29 is 4.79 Å². The molecule has 2 N–H and O–H groups in total. The van der Waals surface area contributed by atoms with Gasteiger partial charge in [-0.15, -0.1) is 0 Å². The predicted molar refractivity (Wildman–Crippen MR) is 85.3 cm³/mol. The normalized spacial score (nSPS) is 19.6. The van der Waals surface area contributed by atoms with Crippen LogP contribution >= 0.6 is 0 Å². The van der Waals surface area contributed by atoms with Crippen molar-refractivity contribution in [3.63, 3.8) is 0 Å². The van der Waals surface area contributed by atoms with E-state index in [0.717, 1.165) is 50.1 Å². The molecule has 1 aliphatic carbocycles. The summed E-state index contributed by atoms with van der Waals surface area (Å²) in [4.78, 5) is 14.1. The molecule has 0 unspecified atom stereocenters. The highest BCUT2D eigenvalue weighted by Crippen LogP contribution is 2.20. The van der Waals surface area contributed by atoms with Crippen LogP contribution in [-0.2, 0) is 6.54 Å². The number of anilines is 1. The maximum absolute atomic E-state index is 12.2. The minimum atomic E-state index is 0.0331. The Bertz CT molecular complexity index is 473. The summed E-state index contributed by atoms with van der Waals surface area (Å²) in [6, 6.07) is 8.92. The maximum Gasteiger partial charge on any atom is 0.321 e. The molecule has 0 bridgehead atoms. The zero-order chi connectivity index (χ0) is 14.7. The van der Waals surface area contributed by atoms with Gasteiger partial charge in [0.15, 0.2) is 0 Å². The molecule has 21 heavy (non-hydrogen) atoms. The summed E-state index contributed by atoms with van der Waals surface area (Å²) < 4.78 is 0. The largest absolute Gasteiger partial charge is 0.325 e. The topological polar surface area (TPSA) is 44.4 Å². The number of carbonyl (C=O) groups excluding carboxylic acids is 1. The van der Waals surface area contributed by atoms with Crippen LogP contribution in [0.4, 0.5) is 10.5 Å². The minimum Gasteiger partial charge on any atom is -0.325 e. The summed E-state index contributed by atoms with van der Waals surface area (Å²) in [5.74, 6) is 0.743. The molecule has 0 spiro atoms. The summed E-state index contributed by atoms with van der Waals surface area (Å²) in [5, 5.41) is 6.49. The molecule has 3 rings (SSSR count). The second-order valence-corrected chi connectivity index (χ2v) is 6.45. The highest BCUT2D eigenvalue weighted by molar-refractivity contribution is 5.89. The Balaban J connectivity index is 1.48. The number of carbonyl (C=O) groups is 1. The third kappa shape index (κ3) is 4.21. The van der Waals surface area contributed by atoms with Gasteiger partial charge in [0, 0.05) is 31.4 Å². The molecule has 1 saturated heterocycles. The number of hydrogen-bond acceptors (Lipinski definition) is 2. The standard InChI is InChI=1S/C17H25N3O/c1-13-8-10-20(11-9-13)17(21)19-16-4-2-14(3-5-16)12-18-15-6-7-15/h2-5,13,15,18H,6-12H2,1H3,(H,19,21). The van der Waals surface area contributed by atoms with Crippen LogP contribution in [0.15, 0.2) is 24.3 Å². The lowest BCUT2D eigenvalue weighted by Gasteiger charge is -2.30. The molecule has 4 nitrogen and oxygen atoms in total. The fourth-order valence-corrected chi connectivity index (χ4v) is 2.67. The molecule has 0 atom stereocenters. The molecule has 0 aromatic heterocycles. The molecule has 1 heterocycles. The van der Waals surface area contributed by atoms with Gasteiger partial charge in [-0.2, -0.15) is 0 Å². The molecule has 1 aromatic rings. The molecule has 2 fully saturated rings. The highest BCUT2D eigenvalue weighted by Gasteiger charge is 2.21. The smallest absolute Gasteiger partial charge is 0.321 e. The number of nitrogens with one attached hydrogen (secondary N) is 2. The van der Waals surface area contributed by atoms with E-state index in [0.29, 0.717) is 0 Å². The van der Waals surface area contributed by atoms with Gasteiger partial charge in [0.05, 0.1) is 0 Å². The van der Waals surface area contributed by atoms with Crippen LogP contribution < -0.4 is 10.6 Å². The first-order valence-electron chi connectivity index (χ1n) is 8.09. The number of urea groups is 1. The number of rotatable bonds is 4. The van der Waals surface area contributed by atoms with E-state index in [1.165, 1.54) is 18.4 Å². The van der Waals surface area contributed by atoms with E-state index in [4.69, 9.17) is 0 Å². The molecule has 1 aromatic carbocycles. The molecule has 114 valence electrons. The summed E-state index contributed by atoms with van der Waals surface area (Å²) in [7, 11) is 0. The first-order valence-corrected chi connectivity index (χ1v) is 8.09. The summed E-state index contributed by atoms with van der Waals surface area (Å²) in [6.45, 7) is 4.92. The zero-order valence-corrected chi connectivity index (χ0v) is 12.8. The first-order chi connectivity index (χ1) is 10.2. The van der Waals surface area contributed by atoms with Crippen LogP contribution in [0.2, 0.25) is 0 Å². The number of nitrogens with zero attached hydrogens (tertiary/aromatic N) is 1. The predicted octanol–water partition coefficient (Wildman–Crippen LogP) is 3.20. The van der Waals surface area contributed by atoms with Crippen molar-refractivity contribution in [3.05, 3.63) is 29.8 Å². The summed E-state index contributed by atoms with van der Waals surface area (Å²) in [5.41, 5.74) is 2.15. The lowest BCUT2D eigenvalue weighted by atomic mass is 10.00. The van der Waals surface area contributed by atoms with Gasteiger partial charge in [0.2, 0.25) is 0 Å². The molecular formula is C17H25N3O. The number of amides is 2. The Labute approximate surface area is 126 Å². The molecule has 1 aliphatic heterocycles. The van der Waals surface area contributed by atoms with Crippen molar-refractivity contribution in [1.82, 2.24) is 10.2 Å². The quantitative estimate of drug-likeness (QED) is 0.893. The van der Waals surface area contributed by atoms with E-state index in [9.17, 15) is 4.79 Å². The molecular weight excluding hydrogens is 262 g/mol. The monoisotopic (exact) mass is 287 g/mol. The van der Waals surface area contributed by atoms with Crippen LogP contribution in [-0.4, -0.2) is 30.1 Å². The minimum absolute atomic E-state index is 0.0331. The van der Waals surface area contributed by atoms with Crippen LogP contribution in [0.1, 0.15) is 38.2 Å². The Morgan fingerprint density at radius 2 is 1.81 bits per heavy atom. The van der Waals surface area contributed by atoms with Crippen molar-refractivity contribution in [3.8, 4) is 0 Å². The number of benzene rings is 1. The van der Waals surface area contributed by atoms with E-state index < -0.39 is 0 Å². The highest BCUT2D eigenvalue weighted by atomic mass is 16.2. The van der Waals surface area contributed by atoms with Crippen molar-refractivity contribution in [2.24, 2.45) is 5.92 Å². The molecule has 0 radical (unpaired) electrons. The Kier molecular flexibility index (Phi) is 4.44. The van der Waals surface area contributed by atoms with E-state index in [-0.39, 0.29) is 6.03 Å². The van der Waals surface area contributed by atoms with Gasteiger partial charge in [-0.25, -0.2) is 4.79 Å². The second-order valence-electron chi connectivity index (χ2n) is 6.45. The maximum atomic E-state index is 12.2. The van der Waals surface area contributed by atoms with Gasteiger partial charge in [0.25, 0.3) is 0 Å². The lowest BCUT2D eigenvalue weighted by molar-refractivity contribution is 0.186. The summed E-state index contributed by atoms with van der Waals surface area (Å²) >= 11 is 0. The van der Waals surface area contributed by atoms with Crippen LogP contribution in [0.25, 0.3) is 0 Å². The van der Waals surface area contributed by atoms with E-state index in [1.807, 2.05) is 17.0 Å². The molecule has 1 saturated carbocycles. The lowest BCUT2D eigenvalue weighted by Crippen LogP contribution is -2.40. The fraction of sp³-hybridized carbons (Fsp3) is 0.588. The van der Waals surface area contributed by atoms with Gasteiger partial charge in [-0.1, -0.05) is 19.1 Å². The van der Waals surface area contributed by atoms with Crippen LogP contribution in [0.5, 0.6) is 0 Å². The van der Waals surface area contributed by atoms with Crippen LogP contribution in [0.3, 0.4) is 0 Å². The summed E-state index contributed by atoms with van der Waals surface area (Å²) in [6.07, 6.45) is 4.84. The number of piperidine rings is 1. The average molecular weight is 287 g/mol. The Morgan fingerprint density at radius 1 is 1.14 bits per heavy atom. The molecule has 2 aliphatic rings. The van der Waals surface area contributed by atoms with Crippen molar-refractivity contribution >= 4 is 11.7 Å². The van der Waals surface area contributed by atoms with E-state index >= 15 is 0 Å². The number of hydrogen-bond donors (Lipinski definition) is 2. The first kappa shape index (κ1) is 14.4. The fourth-order valence-electron chi connectivity index (χ4n) is 2.67. The Hall–Kier alpha value is -1.55. The van der Waals surface area contributed by atoms with Crippen molar-refractivity contribution in [2.75, 3.05) is 18.4 Å². The average Bonchev–Trinajstić information content (AvgIpc) is 3.31. The third-order valence-electron chi connectivity index (χ3n) is 4.45.